The first-order valence-corrected chi connectivity index (χ1v) is 9.13. The van der Waals surface area contributed by atoms with Crippen LogP contribution in [0.25, 0.3) is 10.9 Å². The number of carbonyl (C=O) groups excluding carboxylic acids is 1. The zero-order valence-corrected chi connectivity index (χ0v) is 15.9. The summed E-state index contributed by atoms with van der Waals surface area (Å²) in [7, 11) is 0. The first-order chi connectivity index (χ1) is 13.6. The highest BCUT2D eigenvalue weighted by Gasteiger charge is 2.11. The number of halogens is 1. The number of nitrogens with one attached hydrogen (secondary N) is 2. The highest BCUT2D eigenvalue weighted by atomic mass is 35.5. The Hall–Kier alpha value is -3.44. The van der Waals surface area contributed by atoms with Gasteiger partial charge in [-0.1, -0.05) is 35.9 Å². The molecule has 4 rings (SSSR count). The van der Waals surface area contributed by atoms with E-state index in [1.807, 2.05) is 55.5 Å². The largest absolute Gasteiger partial charge is 0.355 e. The summed E-state index contributed by atoms with van der Waals surface area (Å²) in [5.41, 5.74) is 4.26. The lowest BCUT2D eigenvalue weighted by Gasteiger charge is -2.12. The predicted octanol–water partition coefficient (Wildman–Crippen LogP) is 5.59. The molecule has 138 valence electrons. The van der Waals surface area contributed by atoms with Crippen molar-refractivity contribution in [3.8, 4) is 0 Å². The van der Waals surface area contributed by atoms with Gasteiger partial charge in [-0.25, -0.2) is 0 Å². The Balaban J connectivity index is 1.58. The molecule has 0 unspecified atom stereocenters. The molecule has 0 aliphatic rings. The van der Waals surface area contributed by atoms with E-state index in [1.165, 1.54) is 0 Å². The fourth-order valence-corrected chi connectivity index (χ4v) is 3.10. The Morgan fingerprint density at radius 1 is 0.929 bits per heavy atom. The van der Waals surface area contributed by atoms with E-state index in [9.17, 15) is 4.79 Å². The van der Waals surface area contributed by atoms with Crippen molar-refractivity contribution >= 4 is 45.5 Å². The first-order valence-electron chi connectivity index (χ1n) is 8.75. The quantitative estimate of drug-likeness (QED) is 0.478. The Morgan fingerprint density at radius 3 is 2.61 bits per heavy atom. The SMILES string of the molecule is Cc1c(Cl)cccc1Nc1ccnc(C(=O)Nc2cccc3cccnc23)c1. The average molecular weight is 389 g/mol. The molecule has 4 aromatic rings. The van der Waals surface area contributed by atoms with Crippen LogP contribution >= 0.6 is 11.6 Å². The van der Waals surface area contributed by atoms with Gasteiger partial charge in [0.25, 0.3) is 5.91 Å². The Bertz CT molecular complexity index is 1170. The number of hydrogen-bond acceptors (Lipinski definition) is 4. The monoisotopic (exact) mass is 388 g/mol. The van der Waals surface area contributed by atoms with Crippen LogP contribution in [0.1, 0.15) is 16.1 Å². The molecule has 28 heavy (non-hydrogen) atoms. The molecule has 2 N–H and O–H groups in total. The summed E-state index contributed by atoms with van der Waals surface area (Å²) in [6.45, 7) is 1.94. The van der Waals surface area contributed by atoms with Gasteiger partial charge in [-0.3, -0.25) is 14.8 Å². The van der Waals surface area contributed by atoms with Crippen LogP contribution in [-0.4, -0.2) is 15.9 Å². The third kappa shape index (κ3) is 3.66. The number of amides is 1. The smallest absolute Gasteiger partial charge is 0.274 e. The van der Waals surface area contributed by atoms with Crippen molar-refractivity contribution in [3.05, 3.63) is 89.3 Å². The third-order valence-electron chi connectivity index (χ3n) is 4.42. The number of hydrogen-bond donors (Lipinski definition) is 2. The molecule has 0 atom stereocenters. The number of para-hydroxylation sites is 1. The normalized spacial score (nSPS) is 10.6. The molecule has 2 heterocycles. The summed E-state index contributed by atoms with van der Waals surface area (Å²) >= 11 is 6.18. The van der Waals surface area contributed by atoms with E-state index in [-0.39, 0.29) is 5.91 Å². The van der Waals surface area contributed by atoms with Gasteiger partial charge in [0.1, 0.15) is 5.69 Å². The van der Waals surface area contributed by atoms with Gasteiger partial charge in [-0.15, -0.1) is 0 Å². The van der Waals surface area contributed by atoms with Crippen LogP contribution in [0.4, 0.5) is 17.1 Å². The lowest BCUT2D eigenvalue weighted by atomic mass is 10.2. The first kappa shape index (κ1) is 17.9. The Labute approximate surface area is 167 Å². The summed E-state index contributed by atoms with van der Waals surface area (Å²) < 4.78 is 0. The van der Waals surface area contributed by atoms with Crippen molar-refractivity contribution < 1.29 is 4.79 Å². The number of carbonyl (C=O) groups is 1. The number of nitrogens with zero attached hydrogens (tertiary/aromatic N) is 2. The van der Waals surface area contributed by atoms with Crippen LogP contribution in [0, 0.1) is 6.92 Å². The van der Waals surface area contributed by atoms with E-state index in [4.69, 9.17) is 11.6 Å². The van der Waals surface area contributed by atoms with Crippen LogP contribution in [-0.2, 0) is 0 Å². The van der Waals surface area contributed by atoms with Crippen LogP contribution in [0.15, 0.2) is 73.1 Å². The van der Waals surface area contributed by atoms with Gasteiger partial charge in [-0.2, -0.15) is 0 Å². The average Bonchev–Trinajstić information content (AvgIpc) is 2.72. The molecule has 6 heteroatoms. The minimum absolute atomic E-state index is 0.301. The van der Waals surface area contributed by atoms with Gasteiger partial charge in [0.2, 0.25) is 0 Å². The van der Waals surface area contributed by atoms with E-state index >= 15 is 0 Å². The number of fused-ring (bicyclic) bond motifs is 1. The Kier molecular flexibility index (Phi) is 4.91. The van der Waals surface area contributed by atoms with Crippen molar-refractivity contribution in [1.82, 2.24) is 9.97 Å². The summed E-state index contributed by atoms with van der Waals surface area (Å²) in [5.74, 6) is -0.301. The molecule has 0 spiro atoms. The number of pyridine rings is 2. The molecule has 0 aliphatic heterocycles. The zero-order valence-electron chi connectivity index (χ0n) is 15.1. The molecule has 1 amide bonds. The van der Waals surface area contributed by atoms with Gasteiger partial charge in [0.15, 0.2) is 0 Å². The number of aromatic nitrogens is 2. The van der Waals surface area contributed by atoms with Crippen LogP contribution < -0.4 is 10.6 Å². The summed E-state index contributed by atoms with van der Waals surface area (Å²) in [5, 5.41) is 7.82. The van der Waals surface area contributed by atoms with Gasteiger partial charge >= 0.3 is 0 Å². The zero-order chi connectivity index (χ0) is 19.5. The lowest BCUT2D eigenvalue weighted by molar-refractivity contribution is 0.102. The van der Waals surface area contributed by atoms with Gasteiger partial charge in [0.05, 0.1) is 11.2 Å². The third-order valence-corrected chi connectivity index (χ3v) is 4.83. The Morgan fingerprint density at radius 2 is 1.71 bits per heavy atom. The molecular weight excluding hydrogens is 372 g/mol. The van der Waals surface area contributed by atoms with E-state index in [0.29, 0.717) is 16.4 Å². The maximum absolute atomic E-state index is 12.7. The second-order valence-electron chi connectivity index (χ2n) is 6.30. The van der Waals surface area contributed by atoms with E-state index < -0.39 is 0 Å². The molecule has 0 bridgehead atoms. The van der Waals surface area contributed by atoms with Crippen molar-refractivity contribution in [1.29, 1.82) is 0 Å². The molecule has 0 aliphatic carbocycles. The minimum Gasteiger partial charge on any atom is -0.355 e. The van der Waals surface area contributed by atoms with Crippen LogP contribution in [0.5, 0.6) is 0 Å². The summed E-state index contributed by atoms with van der Waals surface area (Å²) in [4.78, 5) is 21.3. The predicted molar refractivity (Wildman–Crippen MR) is 113 cm³/mol. The molecule has 2 aromatic carbocycles. The minimum atomic E-state index is -0.301. The second kappa shape index (κ2) is 7.66. The lowest BCUT2D eigenvalue weighted by Crippen LogP contribution is -2.14. The highest BCUT2D eigenvalue weighted by Crippen LogP contribution is 2.26. The van der Waals surface area contributed by atoms with Gasteiger partial charge in [-0.05, 0) is 48.9 Å². The van der Waals surface area contributed by atoms with Gasteiger partial charge in [0, 0.05) is 34.2 Å². The van der Waals surface area contributed by atoms with E-state index in [2.05, 4.69) is 20.6 Å². The van der Waals surface area contributed by atoms with Gasteiger partial charge < -0.3 is 10.6 Å². The van der Waals surface area contributed by atoms with Crippen molar-refractivity contribution in [2.24, 2.45) is 0 Å². The van der Waals surface area contributed by atoms with E-state index in [0.717, 1.165) is 27.8 Å². The van der Waals surface area contributed by atoms with Crippen LogP contribution in [0.2, 0.25) is 5.02 Å². The molecule has 2 aromatic heterocycles. The molecule has 0 saturated carbocycles. The topological polar surface area (TPSA) is 66.9 Å². The maximum Gasteiger partial charge on any atom is 0.274 e. The summed E-state index contributed by atoms with van der Waals surface area (Å²) in [6.07, 6.45) is 3.30. The fourth-order valence-electron chi connectivity index (χ4n) is 2.92. The second-order valence-corrected chi connectivity index (χ2v) is 6.71. The molecule has 0 fully saturated rings. The van der Waals surface area contributed by atoms with E-state index in [1.54, 1.807) is 24.5 Å². The summed E-state index contributed by atoms with van der Waals surface area (Å²) in [6, 6.07) is 18.6. The molecular formula is C22H17ClN4O. The van der Waals surface area contributed by atoms with Crippen molar-refractivity contribution in [2.45, 2.75) is 6.92 Å². The highest BCUT2D eigenvalue weighted by molar-refractivity contribution is 6.31. The van der Waals surface area contributed by atoms with Crippen molar-refractivity contribution in [2.75, 3.05) is 10.6 Å². The molecule has 5 nitrogen and oxygen atoms in total. The van der Waals surface area contributed by atoms with Crippen molar-refractivity contribution in [3.63, 3.8) is 0 Å². The fraction of sp³-hybridized carbons (Fsp3) is 0.0455. The number of rotatable bonds is 4. The standard InChI is InChI=1S/C22H17ClN4O/c1-14-17(23)7-3-8-18(14)26-16-10-12-24-20(13-16)22(28)27-19-9-2-5-15-6-4-11-25-21(15)19/h2-13H,1H3,(H,24,26)(H,27,28). The number of anilines is 3. The molecule has 0 radical (unpaired) electrons. The molecule has 0 saturated heterocycles. The van der Waals surface area contributed by atoms with Crippen LogP contribution in [0.3, 0.4) is 0 Å². The number of benzene rings is 2. The maximum atomic E-state index is 12.7.